The average molecular weight is 497 g/mol. The zero-order valence-electron chi connectivity index (χ0n) is 16.9. The number of pyridine rings is 1. The van der Waals surface area contributed by atoms with E-state index in [1.165, 1.54) is 23.8 Å². The van der Waals surface area contributed by atoms with Crippen molar-refractivity contribution in [1.82, 2.24) is 20.5 Å². The largest absolute Gasteiger partial charge is 0.383 e. The van der Waals surface area contributed by atoms with E-state index in [-0.39, 0.29) is 24.0 Å². The number of para-hydroxylation sites is 1. The number of nitrogens with zero attached hydrogens (tertiary/aromatic N) is 3. The molecule has 3 rings (SSSR count). The second kappa shape index (κ2) is 12.2. The van der Waals surface area contributed by atoms with Crippen LogP contribution in [0.15, 0.2) is 41.5 Å². The van der Waals surface area contributed by atoms with E-state index in [2.05, 4.69) is 43.7 Å². The molecule has 0 bridgehead atoms. The second-order valence-corrected chi connectivity index (χ2v) is 7.07. The van der Waals surface area contributed by atoms with Crippen LogP contribution in [0.1, 0.15) is 18.4 Å². The van der Waals surface area contributed by atoms with Gasteiger partial charge >= 0.3 is 0 Å². The quantitative estimate of drug-likeness (QED) is 0.350. The van der Waals surface area contributed by atoms with Crippen LogP contribution in [0.25, 0.3) is 10.9 Å². The fourth-order valence-corrected chi connectivity index (χ4v) is 3.58. The fraction of sp³-hybridized carbons (Fsp3) is 0.524. The Kier molecular flexibility index (Phi) is 9.94. The van der Waals surface area contributed by atoms with Crippen molar-refractivity contribution in [2.75, 3.05) is 46.9 Å². The van der Waals surface area contributed by atoms with Crippen LogP contribution in [0.4, 0.5) is 0 Å². The number of fused-ring (bicyclic) bond motifs is 1. The van der Waals surface area contributed by atoms with Crippen LogP contribution in [0.5, 0.6) is 0 Å². The predicted molar refractivity (Wildman–Crippen MR) is 126 cm³/mol. The van der Waals surface area contributed by atoms with Gasteiger partial charge < -0.3 is 20.3 Å². The van der Waals surface area contributed by atoms with Crippen molar-refractivity contribution in [1.29, 1.82) is 0 Å². The SMILES string of the molecule is CN=C(NCc1ccnc2ccccc12)NCC1CCN(CCOC)CC1.I. The summed E-state index contributed by atoms with van der Waals surface area (Å²) in [5, 5.41) is 8.12. The minimum atomic E-state index is 0. The molecule has 1 aliphatic rings. The molecule has 154 valence electrons. The maximum atomic E-state index is 5.17. The molecule has 0 amide bonds. The highest BCUT2D eigenvalue weighted by Gasteiger charge is 2.19. The number of piperidine rings is 1. The average Bonchev–Trinajstić information content (AvgIpc) is 2.73. The number of guanidine groups is 1. The summed E-state index contributed by atoms with van der Waals surface area (Å²) in [6, 6.07) is 10.3. The van der Waals surface area contributed by atoms with Crippen LogP contribution in [-0.2, 0) is 11.3 Å². The summed E-state index contributed by atoms with van der Waals surface area (Å²) in [5.74, 6) is 1.56. The van der Waals surface area contributed by atoms with Gasteiger partial charge in [0, 0.05) is 45.4 Å². The third kappa shape index (κ3) is 6.56. The first-order valence-electron chi connectivity index (χ1n) is 9.78. The van der Waals surface area contributed by atoms with Gasteiger partial charge in [-0.25, -0.2) is 0 Å². The highest BCUT2D eigenvalue weighted by atomic mass is 127. The Morgan fingerprint density at radius 3 is 2.75 bits per heavy atom. The Labute approximate surface area is 185 Å². The number of halogens is 1. The molecule has 1 fully saturated rings. The maximum absolute atomic E-state index is 5.17. The summed E-state index contributed by atoms with van der Waals surface area (Å²) in [6.45, 7) is 5.88. The van der Waals surface area contributed by atoms with Crippen molar-refractivity contribution < 1.29 is 4.74 Å². The van der Waals surface area contributed by atoms with E-state index in [9.17, 15) is 0 Å². The molecule has 0 saturated carbocycles. The molecule has 6 nitrogen and oxygen atoms in total. The Morgan fingerprint density at radius 1 is 1.21 bits per heavy atom. The van der Waals surface area contributed by atoms with E-state index < -0.39 is 0 Å². The van der Waals surface area contributed by atoms with Crippen LogP contribution in [-0.4, -0.2) is 62.8 Å². The number of hydrogen-bond donors (Lipinski definition) is 2. The van der Waals surface area contributed by atoms with Gasteiger partial charge in [-0.1, -0.05) is 18.2 Å². The van der Waals surface area contributed by atoms with Gasteiger partial charge in [0.1, 0.15) is 0 Å². The van der Waals surface area contributed by atoms with E-state index in [0.29, 0.717) is 5.92 Å². The van der Waals surface area contributed by atoms with Crippen molar-refractivity contribution in [2.45, 2.75) is 19.4 Å². The number of ether oxygens (including phenoxy) is 1. The topological polar surface area (TPSA) is 61.8 Å². The molecule has 2 aromatic rings. The molecule has 0 radical (unpaired) electrons. The first kappa shape index (κ1) is 22.8. The Hall–Kier alpha value is -1.45. The molecule has 1 saturated heterocycles. The zero-order valence-corrected chi connectivity index (χ0v) is 19.2. The molecule has 0 aliphatic carbocycles. The normalized spacial score (nSPS) is 16.0. The van der Waals surface area contributed by atoms with Gasteiger partial charge in [0.25, 0.3) is 0 Å². The van der Waals surface area contributed by atoms with Crippen LogP contribution in [0.2, 0.25) is 0 Å². The van der Waals surface area contributed by atoms with Crippen molar-refractivity contribution in [2.24, 2.45) is 10.9 Å². The van der Waals surface area contributed by atoms with Crippen LogP contribution in [0.3, 0.4) is 0 Å². The highest BCUT2D eigenvalue weighted by molar-refractivity contribution is 14.0. The fourth-order valence-electron chi connectivity index (χ4n) is 3.58. The van der Waals surface area contributed by atoms with Crippen molar-refractivity contribution >= 4 is 40.8 Å². The number of rotatable bonds is 7. The smallest absolute Gasteiger partial charge is 0.191 e. The van der Waals surface area contributed by atoms with Gasteiger partial charge in [0.05, 0.1) is 12.1 Å². The number of hydrogen-bond acceptors (Lipinski definition) is 4. The van der Waals surface area contributed by atoms with Crippen LogP contribution >= 0.6 is 24.0 Å². The monoisotopic (exact) mass is 497 g/mol. The molecule has 2 heterocycles. The number of aliphatic imine (C=N–C) groups is 1. The molecule has 1 aromatic heterocycles. The lowest BCUT2D eigenvalue weighted by Gasteiger charge is -2.32. The van der Waals surface area contributed by atoms with Gasteiger partial charge in [-0.15, -0.1) is 24.0 Å². The minimum Gasteiger partial charge on any atom is -0.383 e. The molecule has 28 heavy (non-hydrogen) atoms. The zero-order chi connectivity index (χ0) is 18.9. The van der Waals surface area contributed by atoms with Crippen molar-refractivity contribution in [3.8, 4) is 0 Å². The second-order valence-electron chi connectivity index (χ2n) is 7.07. The van der Waals surface area contributed by atoms with E-state index in [4.69, 9.17) is 4.74 Å². The van der Waals surface area contributed by atoms with Crippen molar-refractivity contribution in [3.05, 3.63) is 42.1 Å². The highest BCUT2D eigenvalue weighted by Crippen LogP contribution is 2.17. The third-order valence-electron chi connectivity index (χ3n) is 5.29. The van der Waals surface area contributed by atoms with Gasteiger partial charge in [-0.05, 0) is 49.5 Å². The van der Waals surface area contributed by atoms with Gasteiger partial charge in [-0.2, -0.15) is 0 Å². The number of nitrogens with one attached hydrogen (secondary N) is 2. The first-order valence-corrected chi connectivity index (χ1v) is 9.78. The van der Waals surface area contributed by atoms with Gasteiger partial charge in [0.2, 0.25) is 0 Å². The molecule has 0 unspecified atom stereocenters. The molecule has 7 heteroatoms. The number of aromatic nitrogens is 1. The van der Waals surface area contributed by atoms with Crippen molar-refractivity contribution in [3.63, 3.8) is 0 Å². The summed E-state index contributed by atoms with van der Waals surface area (Å²) in [4.78, 5) is 11.3. The molecule has 0 atom stereocenters. The Balaban J connectivity index is 0.00000280. The lowest BCUT2D eigenvalue weighted by atomic mass is 9.97. The standard InChI is InChI=1S/C21H31N5O.HI/c1-22-21(24-15-17-8-11-26(12-9-17)13-14-27-2)25-16-18-7-10-23-20-6-4-3-5-19(18)20;/h3-7,10,17H,8-9,11-16H2,1-2H3,(H2,22,24,25);1H. The Bertz CT molecular complexity index is 741. The van der Waals surface area contributed by atoms with Gasteiger partial charge in [-0.3, -0.25) is 9.98 Å². The van der Waals surface area contributed by atoms with E-state index >= 15 is 0 Å². The summed E-state index contributed by atoms with van der Waals surface area (Å²) in [7, 11) is 3.59. The molecular weight excluding hydrogens is 465 g/mol. The molecule has 1 aliphatic heterocycles. The maximum Gasteiger partial charge on any atom is 0.191 e. The van der Waals surface area contributed by atoms with E-state index in [1.54, 1.807) is 7.11 Å². The minimum absolute atomic E-state index is 0. The van der Waals surface area contributed by atoms with Gasteiger partial charge in [0.15, 0.2) is 5.96 Å². The molecule has 1 aromatic carbocycles. The molecular formula is C21H32IN5O. The number of likely N-dealkylation sites (tertiary alicyclic amines) is 1. The Morgan fingerprint density at radius 2 is 2.00 bits per heavy atom. The summed E-state index contributed by atoms with van der Waals surface area (Å²) < 4.78 is 5.17. The van der Waals surface area contributed by atoms with Crippen LogP contribution in [0, 0.1) is 5.92 Å². The first-order chi connectivity index (χ1) is 13.3. The molecule has 2 N–H and O–H groups in total. The molecule has 0 spiro atoms. The number of methoxy groups -OCH3 is 1. The lowest BCUT2D eigenvalue weighted by Crippen LogP contribution is -2.43. The summed E-state index contributed by atoms with van der Waals surface area (Å²) >= 11 is 0. The predicted octanol–water partition coefficient (Wildman–Crippen LogP) is 2.88. The summed E-state index contributed by atoms with van der Waals surface area (Å²) in [5.41, 5.74) is 2.26. The van der Waals surface area contributed by atoms with E-state index in [0.717, 1.165) is 50.8 Å². The third-order valence-corrected chi connectivity index (χ3v) is 5.29. The van der Waals surface area contributed by atoms with E-state index in [1.807, 2.05) is 25.4 Å². The summed E-state index contributed by atoms with van der Waals surface area (Å²) in [6.07, 6.45) is 4.32. The van der Waals surface area contributed by atoms with Crippen LogP contribution < -0.4 is 10.6 Å². The number of benzene rings is 1. The lowest BCUT2D eigenvalue weighted by molar-refractivity contribution is 0.121.